The molecule has 1 saturated carbocycles. The second-order valence-corrected chi connectivity index (χ2v) is 4.35. The van der Waals surface area contributed by atoms with E-state index in [1.54, 1.807) is 6.07 Å². The van der Waals surface area contributed by atoms with Crippen LogP contribution in [-0.4, -0.2) is 34.1 Å². The molecule has 0 saturated heterocycles. The molecule has 1 heterocycles. The second kappa shape index (κ2) is 4.55. The van der Waals surface area contributed by atoms with Gasteiger partial charge in [0.05, 0.1) is 0 Å². The maximum absolute atomic E-state index is 12.1. The van der Waals surface area contributed by atoms with E-state index in [9.17, 15) is 4.79 Å². The second-order valence-electron chi connectivity index (χ2n) is 4.35. The number of nitrogen functional groups attached to an aromatic ring is 1. The predicted octanol–water partition coefficient (Wildman–Crippen LogP) is 1.25. The van der Waals surface area contributed by atoms with E-state index in [0.29, 0.717) is 17.4 Å². The normalized spacial score (nSPS) is 15.8. The summed E-state index contributed by atoms with van der Waals surface area (Å²) >= 11 is 0. The fourth-order valence-corrected chi connectivity index (χ4v) is 1.96. The highest BCUT2D eigenvalue weighted by atomic mass is 16.2. The molecule has 88 valence electrons. The van der Waals surface area contributed by atoms with Gasteiger partial charge in [0, 0.05) is 19.2 Å². The van der Waals surface area contributed by atoms with Crippen LogP contribution < -0.4 is 5.73 Å². The molecule has 0 aromatic carbocycles. The molecule has 3 N–H and O–H groups in total. The number of hydrogen-bond donors (Lipinski definition) is 2. The molecule has 5 nitrogen and oxygen atoms in total. The van der Waals surface area contributed by atoms with Crippen LogP contribution in [0.3, 0.4) is 0 Å². The Bertz CT molecular complexity index is 370. The number of carbonyl (C=O) groups excluding carboxylic acids is 1. The molecule has 1 aromatic heterocycles. The van der Waals surface area contributed by atoms with Gasteiger partial charge in [-0.15, -0.1) is 0 Å². The molecule has 1 aliphatic carbocycles. The van der Waals surface area contributed by atoms with Crippen LogP contribution in [0.4, 0.5) is 5.82 Å². The van der Waals surface area contributed by atoms with Gasteiger partial charge >= 0.3 is 0 Å². The van der Waals surface area contributed by atoms with E-state index in [0.717, 1.165) is 13.1 Å². The fourth-order valence-electron chi connectivity index (χ4n) is 1.96. The Hall–Kier alpha value is -1.52. The molecule has 1 fully saturated rings. The number of aromatic nitrogens is 2. The van der Waals surface area contributed by atoms with Gasteiger partial charge in [0.25, 0.3) is 5.91 Å². The van der Waals surface area contributed by atoms with Gasteiger partial charge in [0.15, 0.2) is 0 Å². The first-order valence-electron chi connectivity index (χ1n) is 5.81. The molecule has 1 aromatic rings. The summed E-state index contributed by atoms with van der Waals surface area (Å²) in [5.74, 6) is 1.05. The maximum atomic E-state index is 12.1. The van der Waals surface area contributed by atoms with Crippen molar-refractivity contribution in [3.05, 3.63) is 11.8 Å². The summed E-state index contributed by atoms with van der Waals surface area (Å²) in [5.41, 5.74) is 5.97. The Labute approximate surface area is 95.0 Å². The highest BCUT2D eigenvalue weighted by Crippen LogP contribution is 2.27. The smallest absolute Gasteiger partial charge is 0.271 e. The fraction of sp³-hybridized carbons (Fsp3) is 0.636. The van der Waals surface area contributed by atoms with Crippen LogP contribution in [0.25, 0.3) is 0 Å². The van der Waals surface area contributed by atoms with Crippen molar-refractivity contribution < 1.29 is 4.79 Å². The molecule has 0 unspecified atom stereocenters. The average Bonchev–Trinajstić information content (AvgIpc) is 2.63. The van der Waals surface area contributed by atoms with Gasteiger partial charge in [-0.25, -0.2) is 0 Å². The minimum absolute atomic E-state index is 0.00130. The molecule has 0 radical (unpaired) electrons. The summed E-state index contributed by atoms with van der Waals surface area (Å²) in [5, 5.41) is 6.44. The van der Waals surface area contributed by atoms with Crippen molar-refractivity contribution in [2.75, 3.05) is 18.8 Å². The monoisotopic (exact) mass is 222 g/mol. The molecule has 0 bridgehead atoms. The molecule has 1 aliphatic rings. The Morgan fingerprint density at radius 2 is 2.44 bits per heavy atom. The topological polar surface area (TPSA) is 75.0 Å². The average molecular weight is 222 g/mol. The van der Waals surface area contributed by atoms with Crippen molar-refractivity contribution in [2.45, 2.75) is 26.2 Å². The maximum Gasteiger partial charge on any atom is 0.271 e. The van der Waals surface area contributed by atoms with Gasteiger partial charge in [0.1, 0.15) is 11.5 Å². The number of nitrogens with one attached hydrogen (secondary N) is 1. The lowest BCUT2D eigenvalue weighted by Crippen LogP contribution is -2.37. The van der Waals surface area contributed by atoms with Gasteiger partial charge in [-0.05, 0) is 25.7 Å². The van der Waals surface area contributed by atoms with Crippen LogP contribution in [0.1, 0.15) is 36.7 Å². The van der Waals surface area contributed by atoms with Gasteiger partial charge in [0.2, 0.25) is 0 Å². The summed E-state index contributed by atoms with van der Waals surface area (Å²) in [6.45, 7) is 3.58. The lowest BCUT2D eigenvalue weighted by Gasteiger charge is -2.31. The zero-order valence-electron chi connectivity index (χ0n) is 9.57. The third kappa shape index (κ3) is 2.18. The van der Waals surface area contributed by atoms with Crippen molar-refractivity contribution in [1.29, 1.82) is 0 Å². The number of rotatable bonds is 4. The summed E-state index contributed by atoms with van der Waals surface area (Å²) in [4.78, 5) is 13.9. The van der Waals surface area contributed by atoms with E-state index in [-0.39, 0.29) is 5.91 Å². The van der Waals surface area contributed by atoms with Crippen LogP contribution in [0.2, 0.25) is 0 Å². The lowest BCUT2D eigenvalue weighted by molar-refractivity contribution is 0.0700. The van der Waals surface area contributed by atoms with Crippen molar-refractivity contribution >= 4 is 11.7 Å². The van der Waals surface area contributed by atoms with Gasteiger partial charge in [-0.1, -0.05) is 6.42 Å². The molecule has 5 heteroatoms. The summed E-state index contributed by atoms with van der Waals surface area (Å²) in [6, 6.07) is 1.59. The third-order valence-electron chi connectivity index (χ3n) is 3.20. The Morgan fingerprint density at radius 1 is 1.69 bits per heavy atom. The van der Waals surface area contributed by atoms with E-state index in [1.807, 2.05) is 11.8 Å². The Morgan fingerprint density at radius 3 is 2.88 bits per heavy atom. The van der Waals surface area contributed by atoms with Crippen LogP contribution in [0, 0.1) is 5.92 Å². The number of amides is 1. The number of nitrogens with zero attached hydrogens (tertiary/aromatic N) is 2. The molecule has 2 rings (SSSR count). The van der Waals surface area contributed by atoms with Gasteiger partial charge in [-0.2, -0.15) is 5.10 Å². The highest BCUT2D eigenvalue weighted by molar-refractivity contribution is 5.92. The number of H-pyrrole nitrogens is 1. The molecular weight excluding hydrogens is 204 g/mol. The minimum Gasteiger partial charge on any atom is -0.382 e. The number of nitrogens with two attached hydrogens (primary N) is 1. The van der Waals surface area contributed by atoms with Crippen LogP contribution >= 0.6 is 0 Å². The number of carbonyl (C=O) groups is 1. The molecular formula is C11H18N4O. The Kier molecular flexibility index (Phi) is 3.12. The van der Waals surface area contributed by atoms with E-state index >= 15 is 0 Å². The van der Waals surface area contributed by atoms with Crippen molar-refractivity contribution in [2.24, 2.45) is 5.92 Å². The summed E-state index contributed by atoms with van der Waals surface area (Å²) in [6.07, 6.45) is 3.79. The molecule has 0 spiro atoms. The Balaban J connectivity index is 1.99. The quantitative estimate of drug-likeness (QED) is 0.805. The molecule has 0 aliphatic heterocycles. The van der Waals surface area contributed by atoms with E-state index < -0.39 is 0 Å². The zero-order valence-corrected chi connectivity index (χ0v) is 9.57. The van der Waals surface area contributed by atoms with Crippen molar-refractivity contribution in [3.63, 3.8) is 0 Å². The summed E-state index contributed by atoms with van der Waals surface area (Å²) < 4.78 is 0. The number of aromatic amines is 1. The van der Waals surface area contributed by atoms with Crippen molar-refractivity contribution in [3.8, 4) is 0 Å². The first-order valence-corrected chi connectivity index (χ1v) is 5.81. The minimum atomic E-state index is -0.00130. The first-order chi connectivity index (χ1) is 7.70. The zero-order chi connectivity index (χ0) is 11.5. The SMILES string of the molecule is CCN(CC1CCC1)C(=O)c1cc(N)n[nH]1. The first kappa shape index (κ1) is 11.0. The largest absolute Gasteiger partial charge is 0.382 e. The van der Waals surface area contributed by atoms with Gasteiger partial charge in [-0.3, -0.25) is 9.89 Å². The molecule has 0 atom stereocenters. The highest BCUT2D eigenvalue weighted by Gasteiger charge is 2.24. The number of anilines is 1. The van der Waals surface area contributed by atoms with Gasteiger partial charge < -0.3 is 10.6 Å². The molecule has 1 amide bonds. The number of hydrogen-bond acceptors (Lipinski definition) is 3. The van der Waals surface area contributed by atoms with E-state index in [2.05, 4.69) is 10.2 Å². The van der Waals surface area contributed by atoms with Crippen LogP contribution in [0.5, 0.6) is 0 Å². The van der Waals surface area contributed by atoms with Crippen LogP contribution in [0.15, 0.2) is 6.07 Å². The molecule has 16 heavy (non-hydrogen) atoms. The third-order valence-corrected chi connectivity index (χ3v) is 3.20. The van der Waals surface area contributed by atoms with Crippen molar-refractivity contribution in [1.82, 2.24) is 15.1 Å². The standard InChI is InChI=1S/C11H18N4O/c1-2-15(7-8-4-3-5-8)11(16)9-6-10(12)14-13-9/h6,8H,2-5,7H2,1H3,(H3,12,13,14). The summed E-state index contributed by atoms with van der Waals surface area (Å²) in [7, 11) is 0. The lowest BCUT2D eigenvalue weighted by atomic mass is 9.85. The van der Waals surface area contributed by atoms with Crippen LogP contribution in [-0.2, 0) is 0 Å². The van der Waals surface area contributed by atoms with E-state index in [4.69, 9.17) is 5.73 Å². The van der Waals surface area contributed by atoms with E-state index in [1.165, 1.54) is 19.3 Å². The predicted molar refractivity (Wildman–Crippen MR) is 61.9 cm³/mol.